The van der Waals surface area contributed by atoms with Gasteiger partial charge in [-0.05, 0) is 19.4 Å². The van der Waals surface area contributed by atoms with Crippen LogP contribution >= 0.6 is 0 Å². The molecule has 0 aromatic heterocycles. The Labute approximate surface area is 121 Å². The summed E-state index contributed by atoms with van der Waals surface area (Å²) in [5, 5.41) is 10.5. The Balaban J connectivity index is 1.74. The Hall–Kier alpha value is -1.66. The van der Waals surface area contributed by atoms with Crippen LogP contribution in [0, 0.1) is 5.92 Å². The van der Waals surface area contributed by atoms with E-state index in [2.05, 4.69) is 6.58 Å². The normalized spacial score (nSPS) is 48.0. The Kier molecular flexibility index (Phi) is 2.45. The van der Waals surface area contributed by atoms with E-state index in [1.165, 1.54) is 0 Å². The maximum Gasteiger partial charge on any atom is 0.334 e. The molecule has 6 nitrogen and oxygen atoms in total. The summed E-state index contributed by atoms with van der Waals surface area (Å²) in [5.74, 6) is -1.31. The van der Waals surface area contributed by atoms with Crippen molar-refractivity contribution < 1.29 is 28.9 Å². The number of aliphatic hydroxyl groups excluding tert-OH is 1. The summed E-state index contributed by atoms with van der Waals surface area (Å²) in [6, 6.07) is 0. The Morgan fingerprint density at radius 1 is 1.33 bits per heavy atom. The summed E-state index contributed by atoms with van der Waals surface area (Å²) in [5.41, 5.74) is 0.248. The highest BCUT2D eigenvalue weighted by molar-refractivity contribution is 5.93. The minimum atomic E-state index is -0.920. The molecule has 0 unspecified atom stereocenters. The maximum atomic E-state index is 11.9. The molecular formula is C15H16O6. The molecule has 3 heterocycles. The molecule has 0 amide bonds. The van der Waals surface area contributed by atoms with Gasteiger partial charge < -0.3 is 19.3 Å². The van der Waals surface area contributed by atoms with Gasteiger partial charge in [0.2, 0.25) is 0 Å². The van der Waals surface area contributed by atoms with Gasteiger partial charge in [0.15, 0.2) is 0 Å². The summed E-state index contributed by atoms with van der Waals surface area (Å²) in [7, 11) is 0. The second-order valence-electron chi connectivity index (χ2n) is 6.39. The van der Waals surface area contributed by atoms with Gasteiger partial charge in [-0.2, -0.15) is 0 Å². The lowest BCUT2D eigenvalue weighted by atomic mass is 9.83. The number of carbonyl (C=O) groups excluding carboxylic acids is 2. The zero-order valence-electron chi connectivity index (χ0n) is 11.6. The van der Waals surface area contributed by atoms with Crippen molar-refractivity contribution in [1.29, 1.82) is 0 Å². The minimum Gasteiger partial charge on any atom is -0.455 e. The smallest absolute Gasteiger partial charge is 0.334 e. The lowest BCUT2D eigenvalue weighted by Gasteiger charge is -2.23. The van der Waals surface area contributed by atoms with Gasteiger partial charge in [0.25, 0.3) is 0 Å². The van der Waals surface area contributed by atoms with Crippen LogP contribution in [0.4, 0.5) is 0 Å². The molecule has 2 fully saturated rings. The topological polar surface area (TPSA) is 85.4 Å². The number of epoxide rings is 1. The highest BCUT2D eigenvalue weighted by Gasteiger charge is 2.62. The Bertz CT molecular complexity index is 593. The molecule has 1 aliphatic carbocycles. The summed E-state index contributed by atoms with van der Waals surface area (Å²) in [4.78, 5) is 23.7. The molecule has 2 bridgehead atoms. The highest BCUT2D eigenvalue weighted by atomic mass is 16.6. The van der Waals surface area contributed by atoms with Crippen LogP contribution in [0.25, 0.3) is 0 Å². The zero-order valence-corrected chi connectivity index (χ0v) is 11.6. The zero-order chi connectivity index (χ0) is 14.9. The fraction of sp³-hybridized carbons (Fsp3) is 0.600. The fourth-order valence-electron chi connectivity index (χ4n) is 3.63. The highest BCUT2D eigenvalue weighted by Crippen LogP contribution is 2.49. The van der Waals surface area contributed by atoms with E-state index in [4.69, 9.17) is 14.2 Å². The molecule has 6 heteroatoms. The average molecular weight is 292 g/mol. The van der Waals surface area contributed by atoms with Crippen LogP contribution in [0.3, 0.4) is 0 Å². The molecule has 1 N–H and O–H groups in total. The molecule has 6 atom stereocenters. The van der Waals surface area contributed by atoms with Gasteiger partial charge >= 0.3 is 11.9 Å². The minimum absolute atomic E-state index is 0.291. The van der Waals surface area contributed by atoms with Crippen molar-refractivity contribution >= 4 is 11.9 Å². The number of hydrogen-bond donors (Lipinski definition) is 1. The van der Waals surface area contributed by atoms with Gasteiger partial charge in [-0.3, -0.25) is 0 Å². The average Bonchev–Trinajstić information content (AvgIpc) is 2.85. The van der Waals surface area contributed by atoms with Crippen molar-refractivity contribution in [3.63, 3.8) is 0 Å². The van der Waals surface area contributed by atoms with E-state index in [9.17, 15) is 14.7 Å². The SMILES string of the molecule is C=C1C(=O)O[C@@H]2[C@@H](O)[C@H]3O[C@]3(C)C[C@@H]3C=C(C[C@H]12)C(=O)O3. The van der Waals surface area contributed by atoms with Gasteiger partial charge in [-0.15, -0.1) is 0 Å². The molecule has 0 aromatic carbocycles. The second-order valence-corrected chi connectivity index (χ2v) is 6.39. The van der Waals surface area contributed by atoms with E-state index < -0.39 is 35.8 Å². The molecule has 0 saturated carbocycles. The van der Waals surface area contributed by atoms with Crippen LogP contribution < -0.4 is 0 Å². The number of ether oxygens (including phenoxy) is 3. The Morgan fingerprint density at radius 3 is 2.86 bits per heavy atom. The van der Waals surface area contributed by atoms with E-state index in [1.54, 1.807) is 6.08 Å². The standard InChI is InChI=1S/C15H16O6/c1-6-9-4-7-3-8(19-14(7)18)5-15(2)12(21-15)10(16)11(9)20-13(6)17/h3,8-12,16H,1,4-5H2,2H3/t8-,9+,10+,11-,12+,15+/m0/s1. The van der Waals surface area contributed by atoms with E-state index in [0.29, 0.717) is 24.0 Å². The van der Waals surface area contributed by atoms with Crippen molar-refractivity contribution in [1.82, 2.24) is 0 Å². The third-order valence-electron chi connectivity index (χ3n) is 4.89. The molecule has 0 aromatic rings. The largest absolute Gasteiger partial charge is 0.455 e. The summed E-state index contributed by atoms with van der Waals surface area (Å²) in [6.07, 6.45) is 0.188. The van der Waals surface area contributed by atoms with Crippen LogP contribution in [0.5, 0.6) is 0 Å². The van der Waals surface area contributed by atoms with Gasteiger partial charge in [-0.1, -0.05) is 6.58 Å². The fourth-order valence-corrected chi connectivity index (χ4v) is 3.63. The van der Waals surface area contributed by atoms with Crippen molar-refractivity contribution in [2.45, 2.75) is 49.8 Å². The molecular weight excluding hydrogens is 276 g/mol. The molecule has 21 heavy (non-hydrogen) atoms. The summed E-state index contributed by atoms with van der Waals surface area (Å²) >= 11 is 0. The number of aliphatic hydroxyl groups is 1. The van der Waals surface area contributed by atoms with Crippen LogP contribution in [0.2, 0.25) is 0 Å². The molecule has 0 spiro atoms. The van der Waals surface area contributed by atoms with Crippen molar-refractivity contribution in [3.05, 3.63) is 23.8 Å². The van der Waals surface area contributed by atoms with Crippen LogP contribution in [0.1, 0.15) is 19.8 Å². The molecule has 3 aliphatic heterocycles. The predicted octanol–water partition coefficient (Wildman–Crippen LogP) is 0.248. The van der Waals surface area contributed by atoms with Crippen molar-refractivity contribution in [2.75, 3.05) is 0 Å². The van der Waals surface area contributed by atoms with Crippen molar-refractivity contribution in [2.24, 2.45) is 5.92 Å². The first-order valence-electron chi connectivity index (χ1n) is 7.06. The lowest BCUT2D eigenvalue weighted by molar-refractivity contribution is -0.144. The van der Waals surface area contributed by atoms with Gasteiger partial charge in [0, 0.05) is 23.5 Å². The number of carbonyl (C=O) groups is 2. The third kappa shape index (κ3) is 1.79. The molecule has 112 valence electrons. The quantitative estimate of drug-likeness (QED) is 0.391. The van der Waals surface area contributed by atoms with Crippen molar-refractivity contribution in [3.8, 4) is 0 Å². The van der Waals surface area contributed by atoms with Crippen LogP contribution in [0.15, 0.2) is 23.8 Å². The predicted molar refractivity (Wildman–Crippen MR) is 69.0 cm³/mol. The number of fused-ring (bicyclic) bond motifs is 3. The molecule has 4 aliphatic rings. The van der Waals surface area contributed by atoms with E-state index in [-0.39, 0.29) is 12.1 Å². The summed E-state index contributed by atoms with van der Waals surface area (Å²) < 4.78 is 16.2. The van der Waals surface area contributed by atoms with E-state index in [0.717, 1.165) is 0 Å². The second kappa shape index (κ2) is 3.96. The monoisotopic (exact) mass is 292 g/mol. The van der Waals surface area contributed by atoms with Gasteiger partial charge in [0.05, 0.1) is 5.60 Å². The number of esters is 2. The van der Waals surface area contributed by atoms with Crippen LogP contribution in [-0.4, -0.2) is 47.1 Å². The van der Waals surface area contributed by atoms with E-state index in [1.807, 2.05) is 6.92 Å². The van der Waals surface area contributed by atoms with E-state index >= 15 is 0 Å². The number of hydrogen-bond acceptors (Lipinski definition) is 6. The summed E-state index contributed by atoms with van der Waals surface area (Å²) in [6.45, 7) is 5.60. The molecule has 0 radical (unpaired) electrons. The molecule has 2 saturated heterocycles. The van der Waals surface area contributed by atoms with Gasteiger partial charge in [0.1, 0.15) is 24.4 Å². The maximum absolute atomic E-state index is 11.9. The first-order chi connectivity index (χ1) is 9.89. The van der Waals surface area contributed by atoms with Crippen LogP contribution in [-0.2, 0) is 23.8 Å². The molecule has 4 rings (SSSR count). The number of rotatable bonds is 0. The van der Waals surface area contributed by atoms with Gasteiger partial charge in [-0.25, -0.2) is 9.59 Å². The lowest BCUT2D eigenvalue weighted by Crippen LogP contribution is -2.39. The first-order valence-corrected chi connectivity index (χ1v) is 7.06. The first kappa shape index (κ1) is 13.0. The Morgan fingerprint density at radius 2 is 2.10 bits per heavy atom. The third-order valence-corrected chi connectivity index (χ3v) is 4.89.